The number of hydrogen-bond acceptors (Lipinski definition) is 4. The summed E-state index contributed by atoms with van der Waals surface area (Å²) < 4.78 is 0. The van der Waals surface area contributed by atoms with Gasteiger partial charge in [-0.1, -0.05) is 0 Å². The molecule has 2 heterocycles. The molecule has 0 aliphatic carbocycles. The number of nitrogens with one attached hydrogen (secondary N) is 3. The van der Waals surface area contributed by atoms with Crippen LogP contribution < -0.4 is 21.7 Å². The van der Waals surface area contributed by atoms with Crippen LogP contribution in [0.25, 0.3) is 0 Å². The van der Waals surface area contributed by atoms with Crippen LogP contribution in [0.2, 0.25) is 0 Å². The van der Waals surface area contributed by atoms with Gasteiger partial charge in [0.05, 0.1) is 0 Å². The van der Waals surface area contributed by atoms with Gasteiger partial charge in [-0.05, 0) is 6.08 Å². The molecule has 1 atom stereocenters. The Morgan fingerprint density at radius 3 is 2.79 bits per heavy atom. The molecule has 0 aromatic carbocycles. The van der Waals surface area contributed by atoms with E-state index in [2.05, 4.69) is 16.0 Å². The topological polar surface area (TPSA) is 82.4 Å². The summed E-state index contributed by atoms with van der Waals surface area (Å²) in [7, 11) is 0. The standard InChI is InChI=1S/C8H15N5O/c9-8(1-2-11-7(14)12-8)13-5-3-10-4-6-13/h1-2,10H,3-6,9H2,(H2,11,12,14). The van der Waals surface area contributed by atoms with Crippen LogP contribution in [0.4, 0.5) is 4.79 Å². The average Bonchev–Trinajstić information content (AvgIpc) is 2.19. The van der Waals surface area contributed by atoms with Crippen molar-refractivity contribution in [2.75, 3.05) is 26.2 Å². The second kappa shape index (κ2) is 3.56. The fourth-order valence-corrected chi connectivity index (χ4v) is 1.72. The van der Waals surface area contributed by atoms with Crippen LogP contribution in [-0.2, 0) is 0 Å². The van der Waals surface area contributed by atoms with Crippen LogP contribution in [0, 0.1) is 0 Å². The van der Waals surface area contributed by atoms with E-state index in [0.29, 0.717) is 0 Å². The third-order valence-corrected chi connectivity index (χ3v) is 2.51. The lowest BCUT2D eigenvalue weighted by atomic mass is 10.2. The van der Waals surface area contributed by atoms with E-state index in [4.69, 9.17) is 5.73 Å². The highest BCUT2D eigenvalue weighted by Crippen LogP contribution is 2.10. The summed E-state index contributed by atoms with van der Waals surface area (Å²) in [4.78, 5) is 13.2. The summed E-state index contributed by atoms with van der Waals surface area (Å²) in [5.41, 5.74) is 6.06. The van der Waals surface area contributed by atoms with E-state index in [1.807, 2.05) is 4.90 Å². The van der Waals surface area contributed by atoms with Crippen molar-refractivity contribution in [3.05, 3.63) is 12.3 Å². The first-order valence-electron chi connectivity index (χ1n) is 4.72. The minimum absolute atomic E-state index is 0.256. The van der Waals surface area contributed by atoms with Gasteiger partial charge in [0.15, 0.2) is 5.79 Å². The molecule has 0 aromatic rings. The number of nitrogens with two attached hydrogens (primary N) is 1. The lowest BCUT2D eigenvalue weighted by Gasteiger charge is -2.42. The average molecular weight is 197 g/mol. The van der Waals surface area contributed by atoms with E-state index >= 15 is 0 Å². The molecule has 78 valence electrons. The van der Waals surface area contributed by atoms with Crippen molar-refractivity contribution in [1.82, 2.24) is 20.9 Å². The molecular formula is C8H15N5O. The predicted octanol–water partition coefficient (Wildman–Crippen LogP) is -1.67. The molecule has 0 aromatic heterocycles. The molecule has 1 unspecified atom stereocenters. The molecule has 6 heteroatoms. The number of urea groups is 1. The van der Waals surface area contributed by atoms with Crippen molar-refractivity contribution in [3.63, 3.8) is 0 Å². The zero-order valence-corrected chi connectivity index (χ0v) is 7.92. The number of amides is 2. The van der Waals surface area contributed by atoms with Gasteiger partial charge in [-0.25, -0.2) is 4.79 Å². The van der Waals surface area contributed by atoms with Crippen LogP contribution >= 0.6 is 0 Å². The number of hydrogen-bond donors (Lipinski definition) is 4. The Morgan fingerprint density at radius 2 is 2.14 bits per heavy atom. The number of carbonyl (C=O) groups excluding carboxylic acids is 1. The van der Waals surface area contributed by atoms with Crippen LogP contribution in [-0.4, -0.2) is 42.9 Å². The predicted molar refractivity (Wildman–Crippen MR) is 52.2 cm³/mol. The number of carbonyl (C=O) groups is 1. The molecular weight excluding hydrogens is 182 g/mol. The Balaban J connectivity index is 2.09. The minimum atomic E-state index is -0.829. The van der Waals surface area contributed by atoms with Gasteiger partial charge in [0.1, 0.15) is 0 Å². The lowest BCUT2D eigenvalue weighted by Crippen LogP contribution is -2.71. The van der Waals surface area contributed by atoms with Crippen LogP contribution in [0.15, 0.2) is 12.3 Å². The Hall–Kier alpha value is -1.11. The summed E-state index contributed by atoms with van der Waals surface area (Å²) in [5, 5.41) is 8.46. The third-order valence-electron chi connectivity index (χ3n) is 2.51. The van der Waals surface area contributed by atoms with E-state index in [9.17, 15) is 4.79 Å². The Kier molecular flexibility index (Phi) is 2.40. The fraction of sp³-hybridized carbons (Fsp3) is 0.625. The summed E-state index contributed by atoms with van der Waals surface area (Å²) >= 11 is 0. The number of rotatable bonds is 1. The summed E-state index contributed by atoms with van der Waals surface area (Å²) in [6, 6.07) is -0.256. The van der Waals surface area contributed by atoms with Gasteiger partial charge in [-0.3, -0.25) is 10.6 Å². The normalized spacial score (nSPS) is 33.6. The molecule has 5 N–H and O–H groups in total. The van der Waals surface area contributed by atoms with Crippen molar-refractivity contribution >= 4 is 6.03 Å². The van der Waals surface area contributed by atoms with Crippen molar-refractivity contribution in [2.24, 2.45) is 5.73 Å². The van der Waals surface area contributed by atoms with Gasteiger partial charge in [-0.15, -0.1) is 0 Å². The molecule has 0 bridgehead atoms. The van der Waals surface area contributed by atoms with Crippen LogP contribution in [0.1, 0.15) is 0 Å². The lowest BCUT2D eigenvalue weighted by molar-refractivity contribution is 0.0913. The highest BCUT2D eigenvalue weighted by atomic mass is 16.2. The second-order valence-corrected chi connectivity index (χ2v) is 3.49. The number of nitrogens with zero attached hydrogens (tertiary/aromatic N) is 1. The molecule has 2 aliphatic rings. The molecule has 1 saturated heterocycles. The van der Waals surface area contributed by atoms with Gasteiger partial charge in [0.2, 0.25) is 0 Å². The first-order chi connectivity index (χ1) is 6.71. The quantitative estimate of drug-likeness (QED) is 0.405. The largest absolute Gasteiger partial charge is 0.321 e. The van der Waals surface area contributed by atoms with Gasteiger partial charge in [-0.2, -0.15) is 0 Å². The van der Waals surface area contributed by atoms with Crippen LogP contribution in [0.3, 0.4) is 0 Å². The van der Waals surface area contributed by atoms with Crippen molar-refractivity contribution in [1.29, 1.82) is 0 Å². The first kappa shape index (κ1) is 9.45. The zero-order chi connectivity index (χ0) is 10.0. The maximum atomic E-state index is 11.1. The van der Waals surface area contributed by atoms with Gasteiger partial charge >= 0.3 is 6.03 Å². The zero-order valence-electron chi connectivity index (χ0n) is 7.92. The summed E-state index contributed by atoms with van der Waals surface area (Å²) in [6.45, 7) is 3.47. The van der Waals surface area contributed by atoms with E-state index in [0.717, 1.165) is 26.2 Å². The van der Waals surface area contributed by atoms with E-state index < -0.39 is 5.79 Å². The smallest absolute Gasteiger partial charge is 0.315 e. The minimum Gasteiger partial charge on any atom is -0.315 e. The maximum Gasteiger partial charge on any atom is 0.321 e. The van der Waals surface area contributed by atoms with Crippen molar-refractivity contribution < 1.29 is 4.79 Å². The molecule has 0 saturated carbocycles. The third kappa shape index (κ3) is 1.72. The van der Waals surface area contributed by atoms with E-state index in [1.165, 1.54) is 0 Å². The molecule has 2 rings (SSSR count). The monoisotopic (exact) mass is 197 g/mol. The van der Waals surface area contributed by atoms with Gasteiger partial charge in [0.25, 0.3) is 0 Å². The fourth-order valence-electron chi connectivity index (χ4n) is 1.72. The second-order valence-electron chi connectivity index (χ2n) is 3.49. The molecule has 14 heavy (non-hydrogen) atoms. The van der Waals surface area contributed by atoms with Crippen molar-refractivity contribution in [3.8, 4) is 0 Å². The number of piperazine rings is 1. The molecule has 0 radical (unpaired) electrons. The molecule has 2 amide bonds. The summed E-state index contributed by atoms with van der Waals surface area (Å²) in [6.07, 6.45) is 3.35. The van der Waals surface area contributed by atoms with Gasteiger partial charge in [0, 0.05) is 32.4 Å². The Bertz CT molecular complexity index is 260. The summed E-state index contributed by atoms with van der Waals surface area (Å²) in [5.74, 6) is -0.829. The Morgan fingerprint density at radius 1 is 1.43 bits per heavy atom. The maximum absolute atomic E-state index is 11.1. The van der Waals surface area contributed by atoms with Crippen molar-refractivity contribution in [2.45, 2.75) is 5.79 Å². The molecule has 1 fully saturated rings. The van der Waals surface area contributed by atoms with Gasteiger partial charge < -0.3 is 16.0 Å². The SMILES string of the molecule is NC1(N2CCNCC2)C=CNC(=O)N1. The first-order valence-corrected chi connectivity index (χ1v) is 4.72. The van der Waals surface area contributed by atoms with Crippen LogP contribution in [0.5, 0.6) is 0 Å². The highest BCUT2D eigenvalue weighted by Gasteiger charge is 2.34. The van der Waals surface area contributed by atoms with E-state index in [-0.39, 0.29) is 6.03 Å². The Labute approximate surface area is 82.5 Å². The molecule has 2 aliphatic heterocycles. The van der Waals surface area contributed by atoms with E-state index in [1.54, 1.807) is 12.3 Å². The molecule has 0 spiro atoms. The highest BCUT2D eigenvalue weighted by molar-refractivity contribution is 5.77. The molecule has 6 nitrogen and oxygen atoms in total.